The van der Waals surface area contributed by atoms with Crippen molar-refractivity contribution in [1.82, 2.24) is 4.31 Å². The SMILES string of the molecule is C[C@H]1CN(S(=O)(=O)C2=CC(N)=CCC2=S)CCN1c1ccc(C(C)(O)C(F)(F)F)cc1. The first-order valence-electron chi connectivity index (χ1n) is 9.62. The molecule has 0 bridgehead atoms. The molecule has 6 nitrogen and oxygen atoms in total. The second-order valence-electron chi connectivity index (χ2n) is 7.86. The molecule has 2 aliphatic rings. The predicted molar refractivity (Wildman–Crippen MR) is 117 cm³/mol. The van der Waals surface area contributed by atoms with Gasteiger partial charge in [-0.2, -0.15) is 17.5 Å². The van der Waals surface area contributed by atoms with E-state index in [1.165, 1.54) is 34.6 Å². The quantitative estimate of drug-likeness (QED) is 0.652. The van der Waals surface area contributed by atoms with Crippen LogP contribution in [0.25, 0.3) is 0 Å². The molecule has 1 aliphatic carbocycles. The number of alkyl halides is 3. The number of rotatable bonds is 4. The molecular weight excluding hydrogens is 451 g/mol. The van der Waals surface area contributed by atoms with Gasteiger partial charge in [0.25, 0.3) is 0 Å². The van der Waals surface area contributed by atoms with Crippen LogP contribution in [0, 0.1) is 0 Å². The van der Waals surface area contributed by atoms with Gasteiger partial charge >= 0.3 is 6.18 Å². The Morgan fingerprint density at radius 3 is 2.35 bits per heavy atom. The van der Waals surface area contributed by atoms with Crippen LogP contribution in [-0.4, -0.2) is 54.5 Å². The molecule has 1 aliphatic heterocycles. The summed E-state index contributed by atoms with van der Waals surface area (Å²) in [7, 11) is -3.80. The molecule has 1 fully saturated rings. The number of aliphatic hydroxyl groups is 1. The summed E-state index contributed by atoms with van der Waals surface area (Å²) in [4.78, 5) is 2.28. The van der Waals surface area contributed by atoms with Gasteiger partial charge in [0.15, 0.2) is 5.60 Å². The number of thiocarbonyl (C=S) groups is 1. The van der Waals surface area contributed by atoms with E-state index in [1.807, 2.05) is 11.8 Å². The molecule has 0 saturated carbocycles. The monoisotopic (exact) mass is 475 g/mol. The van der Waals surface area contributed by atoms with Gasteiger partial charge in [-0.05, 0) is 37.6 Å². The lowest BCUT2D eigenvalue weighted by Crippen LogP contribution is -2.54. The van der Waals surface area contributed by atoms with Gasteiger partial charge in [0.05, 0.1) is 4.91 Å². The zero-order chi connectivity index (χ0) is 23.2. The van der Waals surface area contributed by atoms with Crippen molar-refractivity contribution in [1.29, 1.82) is 0 Å². The summed E-state index contributed by atoms with van der Waals surface area (Å²) >= 11 is 5.21. The summed E-state index contributed by atoms with van der Waals surface area (Å²) in [5.74, 6) is 0. The summed E-state index contributed by atoms with van der Waals surface area (Å²) in [6.07, 6.45) is -1.45. The number of nitrogens with two attached hydrogens (primary N) is 1. The summed E-state index contributed by atoms with van der Waals surface area (Å²) < 4.78 is 66.6. The third-order valence-electron chi connectivity index (χ3n) is 5.62. The molecule has 31 heavy (non-hydrogen) atoms. The van der Waals surface area contributed by atoms with E-state index < -0.39 is 21.8 Å². The first kappa shape index (κ1) is 23.7. The van der Waals surface area contributed by atoms with Crippen LogP contribution < -0.4 is 10.6 Å². The molecule has 3 N–H and O–H groups in total. The number of nitrogens with zero attached hydrogens (tertiary/aromatic N) is 2. The van der Waals surface area contributed by atoms with Crippen LogP contribution in [0.4, 0.5) is 18.9 Å². The Bertz CT molecular complexity index is 1030. The molecule has 1 saturated heterocycles. The summed E-state index contributed by atoms with van der Waals surface area (Å²) in [5.41, 5.74) is 3.54. The first-order chi connectivity index (χ1) is 14.2. The van der Waals surface area contributed by atoms with Gasteiger partial charge < -0.3 is 15.7 Å². The molecule has 0 aromatic heterocycles. The predicted octanol–water partition coefficient (Wildman–Crippen LogP) is 2.80. The lowest BCUT2D eigenvalue weighted by molar-refractivity contribution is -0.258. The largest absolute Gasteiger partial charge is 0.421 e. The van der Waals surface area contributed by atoms with Crippen molar-refractivity contribution in [2.75, 3.05) is 24.5 Å². The first-order valence-corrected chi connectivity index (χ1v) is 11.5. The molecule has 170 valence electrons. The molecule has 3 rings (SSSR count). The number of benzene rings is 1. The van der Waals surface area contributed by atoms with Gasteiger partial charge in [0.2, 0.25) is 10.0 Å². The van der Waals surface area contributed by atoms with Crippen LogP contribution in [0.1, 0.15) is 25.8 Å². The number of allylic oxidation sites excluding steroid dienone is 3. The van der Waals surface area contributed by atoms with E-state index in [4.69, 9.17) is 18.0 Å². The van der Waals surface area contributed by atoms with Crippen molar-refractivity contribution in [2.24, 2.45) is 5.73 Å². The van der Waals surface area contributed by atoms with Crippen LogP contribution in [-0.2, 0) is 15.6 Å². The fourth-order valence-electron chi connectivity index (χ4n) is 3.63. The standard InChI is InChI=1S/C20H24F3N3O3S2/c1-13-12-25(31(28,29)18-11-15(24)5-8-17(18)30)9-10-26(13)16-6-3-14(4-7-16)19(2,27)20(21,22)23/h3-7,11,13,27H,8-10,12,24H2,1-2H3/t13-,19?/m0/s1. The normalized spacial score (nSPS) is 23.2. The Balaban J connectivity index is 1.76. The minimum absolute atomic E-state index is 0.0434. The van der Waals surface area contributed by atoms with Crippen LogP contribution in [0.3, 0.4) is 0 Å². The van der Waals surface area contributed by atoms with E-state index in [9.17, 15) is 26.7 Å². The van der Waals surface area contributed by atoms with Gasteiger partial charge in [-0.25, -0.2) is 8.42 Å². The fraction of sp³-hybridized carbons (Fsp3) is 0.450. The minimum Gasteiger partial charge on any atom is -0.399 e. The highest BCUT2D eigenvalue weighted by Crippen LogP contribution is 2.39. The Morgan fingerprint density at radius 1 is 1.19 bits per heavy atom. The van der Waals surface area contributed by atoms with Gasteiger partial charge in [-0.3, -0.25) is 0 Å². The molecule has 2 atom stereocenters. The molecule has 0 amide bonds. The number of hydrogen-bond acceptors (Lipinski definition) is 6. The fourth-order valence-corrected chi connectivity index (χ4v) is 5.75. The lowest BCUT2D eigenvalue weighted by atomic mass is 9.95. The Hall–Kier alpha value is -1.95. The van der Waals surface area contributed by atoms with Crippen LogP contribution in [0.2, 0.25) is 0 Å². The van der Waals surface area contributed by atoms with Gasteiger partial charge in [0, 0.05) is 48.3 Å². The topological polar surface area (TPSA) is 86.9 Å². The molecule has 0 spiro atoms. The van der Waals surface area contributed by atoms with Gasteiger partial charge in [-0.1, -0.05) is 30.4 Å². The number of sulfonamides is 1. The zero-order valence-corrected chi connectivity index (χ0v) is 18.7. The Morgan fingerprint density at radius 2 is 1.81 bits per heavy atom. The molecule has 1 heterocycles. The smallest absolute Gasteiger partial charge is 0.399 e. The summed E-state index contributed by atoms with van der Waals surface area (Å²) in [6.45, 7) is 3.27. The van der Waals surface area contributed by atoms with Crippen LogP contribution in [0.15, 0.2) is 47.0 Å². The average molecular weight is 476 g/mol. The molecular formula is C20H24F3N3O3S2. The second kappa shape index (κ2) is 8.19. The molecule has 0 radical (unpaired) electrons. The maximum absolute atomic E-state index is 13.1. The van der Waals surface area contributed by atoms with E-state index in [-0.39, 0.29) is 29.6 Å². The highest BCUT2D eigenvalue weighted by molar-refractivity contribution is 7.96. The molecule has 1 aromatic carbocycles. The van der Waals surface area contributed by atoms with Crippen molar-refractivity contribution in [3.8, 4) is 0 Å². The number of anilines is 1. The highest BCUT2D eigenvalue weighted by Gasteiger charge is 2.51. The summed E-state index contributed by atoms with van der Waals surface area (Å²) in [6, 6.07) is 5.24. The second-order valence-corrected chi connectivity index (χ2v) is 10.3. The van der Waals surface area contributed by atoms with Crippen molar-refractivity contribution in [3.63, 3.8) is 0 Å². The average Bonchev–Trinajstić information content (AvgIpc) is 2.69. The zero-order valence-electron chi connectivity index (χ0n) is 17.1. The van der Waals surface area contributed by atoms with Crippen molar-refractivity contribution in [2.45, 2.75) is 38.1 Å². The maximum Gasteiger partial charge on any atom is 0.421 e. The van der Waals surface area contributed by atoms with Crippen LogP contribution in [0.5, 0.6) is 0 Å². The number of halogens is 3. The van der Waals surface area contributed by atoms with Gasteiger partial charge in [-0.15, -0.1) is 0 Å². The van der Waals surface area contributed by atoms with E-state index in [1.54, 1.807) is 6.08 Å². The van der Waals surface area contributed by atoms with Crippen molar-refractivity contribution in [3.05, 3.63) is 52.6 Å². The lowest BCUT2D eigenvalue weighted by Gasteiger charge is -2.41. The van der Waals surface area contributed by atoms with Crippen molar-refractivity contribution >= 4 is 32.8 Å². The van der Waals surface area contributed by atoms with Crippen LogP contribution >= 0.6 is 12.2 Å². The van der Waals surface area contributed by atoms with E-state index in [0.29, 0.717) is 36.1 Å². The third kappa shape index (κ3) is 4.50. The van der Waals surface area contributed by atoms with Crippen molar-refractivity contribution < 1.29 is 26.7 Å². The molecule has 1 unspecified atom stereocenters. The third-order valence-corrected chi connectivity index (χ3v) is 8.06. The van der Waals surface area contributed by atoms with E-state index in [0.717, 1.165) is 0 Å². The maximum atomic E-state index is 13.1. The number of piperazine rings is 1. The minimum atomic E-state index is -4.80. The summed E-state index contributed by atoms with van der Waals surface area (Å²) in [5, 5.41) is 9.82. The highest BCUT2D eigenvalue weighted by atomic mass is 32.2. The molecule has 1 aromatic rings. The number of hydrogen-bond donors (Lipinski definition) is 2. The van der Waals surface area contributed by atoms with Gasteiger partial charge in [0.1, 0.15) is 0 Å². The van der Waals surface area contributed by atoms with E-state index >= 15 is 0 Å². The van der Waals surface area contributed by atoms with E-state index in [2.05, 4.69) is 0 Å². The molecule has 11 heteroatoms. The Labute approximate surface area is 184 Å². The Kier molecular flexibility index (Phi) is 6.27.